The van der Waals surface area contributed by atoms with Gasteiger partial charge in [-0.15, -0.1) is 11.8 Å². The molecule has 0 saturated heterocycles. The van der Waals surface area contributed by atoms with Gasteiger partial charge in [-0.25, -0.2) is 0 Å². The smallest absolute Gasteiger partial charge is 0.0292 e. The van der Waals surface area contributed by atoms with Crippen LogP contribution in [0.2, 0.25) is 0 Å². The number of rotatable bonds is 10. The van der Waals surface area contributed by atoms with E-state index < -0.39 is 0 Å². The Morgan fingerprint density at radius 1 is 0.826 bits per heavy atom. The van der Waals surface area contributed by atoms with Crippen LogP contribution in [0.1, 0.15) is 39.0 Å². The second-order valence-corrected chi connectivity index (χ2v) is 7.79. The molecule has 0 atom stereocenters. The van der Waals surface area contributed by atoms with Crippen LogP contribution in [0.15, 0.2) is 81.4 Å². The van der Waals surface area contributed by atoms with Crippen LogP contribution in [-0.4, -0.2) is 5.75 Å². The van der Waals surface area contributed by atoms with Crippen LogP contribution in [0.3, 0.4) is 0 Å². The quantitative estimate of drug-likeness (QED) is 0.325. The van der Waals surface area contributed by atoms with Crippen molar-refractivity contribution in [2.45, 2.75) is 48.8 Å². The fourth-order valence-corrected chi connectivity index (χ4v) is 4.26. The van der Waals surface area contributed by atoms with Crippen molar-refractivity contribution in [2.24, 2.45) is 0 Å². The first-order chi connectivity index (χ1) is 11.4. The van der Waals surface area contributed by atoms with Crippen molar-refractivity contribution in [3.8, 4) is 0 Å². The van der Waals surface area contributed by atoms with E-state index in [0.29, 0.717) is 0 Å². The highest BCUT2D eigenvalue weighted by atomic mass is 32.2. The standard InChI is InChI=1S/C21H26S2/c1-2-3-4-5-8-17-21(23-20-15-11-7-12-16-20)18-22-19-13-9-6-10-14-19/h6-7,9-17H,2-5,8,18H2,1H3/b21-17+. The topological polar surface area (TPSA) is 0 Å². The summed E-state index contributed by atoms with van der Waals surface area (Å²) >= 11 is 3.84. The lowest BCUT2D eigenvalue weighted by Gasteiger charge is -2.08. The Hall–Kier alpha value is -1.12. The first-order valence-electron chi connectivity index (χ1n) is 8.48. The summed E-state index contributed by atoms with van der Waals surface area (Å²) in [5, 5.41) is 0. The number of hydrogen-bond donors (Lipinski definition) is 0. The van der Waals surface area contributed by atoms with Crippen LogP contribution in [0.4, 0.5) is 0 Å². The molecule has 0 N–H and O–H groups in total. The molecule has 0 nitrogen and oxygen atoms in total. The van der Waals surface area contributed by atoms with Crippen LogP contribution < -0.4 is 0 Å². The molecule has 0 radical (unpaired) electrons. The van der Waals surface area contributed by atoms with Crippen LogP contribution in [0, 0.1) is 0 Å². The SMILES string of the molecule is CCCCCC/C=C(\CSc1ccccc1)Sc1ccccc1. The van der Waals surface area contributed by atoms with E-state index in [1.807, 2.05) is 23.5 Å². The predicted molar refractivity (Wildman–Crippen MR) is 106 cm³/mol. The van der Waals surface area contributed by atoms with Crippen molar-refractivity contribution < 1.29 is 0 Å². The van der Waals surface area contributed by atoms with Gasteiger partial charge in [0, 0.05) is 15.5 Å². The fourth-order valence-electron chi connectivity index (χ4n) is 2.28. The first kappa shape index (κ1) is 18.2. The van der Waals surface area contributed by atoms with Crippen LogP contribution >= 0.6 is 23.5 Å². The average molecular weight is 343 g/mol. The Labute approximate surface area is 149 Å². The predicted octanol–water partition coefficient (Wildman–Crippen LogP) is 7.43. The summed E-state index contributed by atoms with van der Waals surface area (Å²) in [6, 6.07) is 21.4. The molecule has 0 amide bonds. The van der Waals surface area contributed by atoms with Gasteiger partial charge in [0.1, 0.15) is 0 Å². The third kappa shape index (κ3) is 7.81. The van der Waals surface area contributed by atoms with Crippen LogP contribution in [0.5, 0.6) is 0 Å². The number of allylic oxidation sites excluding steroid dienone is 1. The van der Waals surface area contributed by atoms with Gasteiger partial charge in [0.2, 0.25) is 0 Å². The summed E-state index contributed by atoms with van der Waals surface area (Å²) in [7, 11) is 0. The molecule has 0 fully saturated rings. The molecule has 2 aromatic carbocycles. The van der Waals surface area contributed by atoms with Gasteiger partial charge < -0.3 is 0 Å². The molecular weight excluding hydrogens is 316 g/mol. The highest BCUT2D eigenvalue weighted by molar-refractivity contribution is 8.06. The summed E-state index contributed by atoms with van der Waals surface area (Å²) in [5.41, 5.74) is 0. The molecule has 0 aromatic heterocycles. The van der Waals surface area contributed by atoms with Crippen molar-refractivity contribution in [1.29, 1.82) is 0 Å². The van der Waals surface area contributed by atoms with E-state index in [-0.39, 0.29) is 0 Å². The van der Waals surface area contributed by atoms with E-state index in [0.717, 1.165) is 5.75 Å². The Balaban J connectivity index is 1.91. The van der Waals surface area contributed by atoms with Gasteiger partial charge in [-0.05, 0) is 42.0 Å². The van der Waals surface area contributed by atoms with E-state index >= 15 is 0 Å². The zero-order chi connectivity index (χ0) is 16.2. The molecular formula is C21H26S2. The molecule has 0 aliphatic heterocycles. The molecule has 0 spiro atoms. The number of thioether (sulfide) groups is 2. The second-order valence-electron chi connectivity index (χ2n) is 5.54. The molecule has 0 heterocycles. The van der Waals surface area contributed by atoms with E-state index in [9.17, 15) is 0 Å². The fraction of sp³-hybridized carbons (Fsp3) is 0.333. The zero-order valence-electron chi connectivity index (χ0n) is 13.9. The van der Waals surface area contributed by atoms with Crippen molar-refractivity contribution in [3.05, 3.63) is 71.6 Å². The molecule has 23 heavy (non-hydrogen) atoms. The zero-order valence-corrected chi connectivity index (χ0v) is 15.5. The largest absolute Gasteiger partial charge is 0.121 e. The highest BCUT2D eigenvalue weighted by Gasteiger charge is 2.02. The van der Waals surface area contributed by atoms with Crippen molar-refractivity contribution in [3.63, 3.8) is 0 Å². The minimum atomic E-state index is 1.05. The molecule has 0 saturated carbocycles. The lowest BCUT2D eigenvalue weighted by Crippen LogP contribution is -1.85. The van der Waals surface area contributed by atoms with E-state index in [4.69, 9.17) is 0 Å². The van der Waals surface area contributed by atoms with Gasteiger partial charge in [-0.1, -0.05) is 80.4 Å². The summed E-state index contributed by atoms with van der Waals surface area (Å²) in [6.07, 6.45) is 8.96. The van der Waals surface area contributed by atoms with Gasteiger partial charge in [0.15, 0.2) is 0 Å². The molecule has 2 aromatic rings. The Morgan fingerprint density at radius 2 is 1.48 bits per heavy atom. The summed E-state index contributed by atoms with van der Waals surface area (Å²) in [4.78, 5) is 4.15. The summed E-state index contributed by atoms with van der Waals surface area (Å²) < 4.78 is 0. The Morgan fingerprint density at radius 3 is 2.13 bits per heavy atom. The molecule has 0 aliphatic rings. The highest BCUT2D eigenvalue weighted by Crippen LogP contribution is 2.32. The minimum absolute atomic E-state index is 1.05. The van der Waals surface area contributed by atoms with E-state index in [1.54, 1.807) is 0 Å². The van der Waals surface area contributed by atoms with E-state index in [1.165, 1.54) is 46.8 Å². The maximum absolute atomic E-state index is 2.45. The Kier molecular flexibility index (Phi) is 9.05. The van der Waals surface area contributed by atoms with Gasteiger partial charge in [0.25, 0.3) is 0 Å². The number of benzene rings is 2. The van der Waals surface area contributed by atoms with Crippen LogP contribution in [0.25, 0.3) is 0 Å². The number of unbranched alkanes of at least 4 members (excludes halogenated alkanes) is 4. The third-order valence-corrected chi connectivity index (χ3v) is 5.87. The van der Waals surface area contributed by atoms with E-state index in [2.05, 4.69) is 73.7 Å². The molecule has 2 heteroatoms. The van der Waals surface area contributed by atoms with Crippen molar-refractivity contribution in [1.82, 2.24) is 0 Å². The lowest BCUT2D eigenvalue weighted by atomic mass is 10.1. The monoisotopic (exact) mass is 342 g/mol. The Bertz CT molecular complexity index is 561. The van der Waals surface area contributed by atoms with Crippen LogP contribution in [-0.2, 0) is 0 Å². The normalized spacial score (nSPS) is 11.6. The maximum atomic E-state index is 2.45. The summed E-state index contributed by atoms with van der Waals surface area (Å²) in [6.45, 7) is 2.27. The molecule has 0 unspecified atom stereocenters. The molecule has 0 aliphatic carbocycles. The third-order valence-electron chi connectivity index (χ3n) is 3.55. The lowest BCUT2D eigenvalue weighted by molar-refractivity contribution is 0.674. The van der Waals surface area contributed by atoms with Gasteiger partial charge >= 0.3 is 0 Å². The first-order valence-corrected chi connectivity index (χ1v) is 10.3. The second kappa shape index (κ2) is 11.4. The minimum Gasteiger partial charge on any atom is -0.121 e. The van der Waals surface area contributed by atoms with Gasteiger partial charge in [-0.2, -0.15) is 0 Å². The van der Waals surface area contributed by atoms with Crippen molar-refractivity contribution >= 4 is 23.5 Å². The van der Waals surface area contributed by atoms with Gasteiger partial charge in [0.05, 0.1) is 0 Å². The molecule has 2 rings (SSSR count). The summed E-state index contributed by atoms with van der Waals surface area (Å²) in [5.74, 6) is 1.05. The average Bonchev–Trinajstić information content (AvgIpc) is 2.61. The maximum Gasteiger partial charge on any atom is 0.0292 e. The number of hydrogen-bond acceptors (Lipinski definition) is 2. The molecule has 0 bridgehead atoms. The van der Waals surface area contributed by atoms with Gasteiger partial charge in [-0.3, -0.25) is 0 Å². The molecule has 122 valence electrons. The van der Waals surface area contributed by atoms with Crippen molar-refractivity contribution in [2.75, 3.05) is 5.75 Å².